The van der Waals surface area contributed by atoms with E-state index in [1.807, 2.05) is 0 Å². The summed E-state index contributed by atoms with van der Waals surface area (Å²) in [6, 6.07) is 9.96. The van der Waals surface area contributed by atoms with E-state index < -0.39 is 0 Å². The van der Waals surface area contributed by atoms with Crippen molar-refractivity contribution < 1.29 is 0 Å². The maximum Gasteiger partial charge on any atom is 0.0501 e. The molecule has 0 aromatic heterocycles. The highest BCUT2D eigenvalue weighted by Crippen LogP contribution is 2.34. The van der Waals surface area contributed by atoms with E-state index >= 15 is 0 Å². The van der Waals surface area contributed by atoms with Gasteiger partial charge in [0, 0.05) is 12.1 Å². The smallest absolute Gasteiger partial charge is 0.0501 e. The molecule has 1 aromatic rings. The van der Waals surface area contributed by atoms with Gasteiger partial charge in [-0.25, -0.2) is 0 Å². The molecule has 2 rings (SSSR count). The van der Waals surface area contributed by atoms with Crippen LogP contribution in [0.4, 0.5) is 0 Å². The molecule has 0 amide bonds. The van der Waals surface area contributed by atoms with Crippen LogP contribution in [0.25, 0.3) is 0 Å². The van der Waals surface area contributed by atoms with Crippen LogP contribution in [0.1, 0.15) is 63.1 Å². The molecule has 2 heteroatoms. The third-order valence-electron chi connectivity index (χ3n) is 5.31. The minimum absolute atomic E-state index is 0.202. The molecule has 2 N–H and O–H groups in total. The fourth-order valence-electron chi connectivity index (χ4n) is 3.89. The molecule has 0 radical (unpaired) electrons. The molecule has 0 aliphatic heterocycles. The van der Waals surface area contributed by atoms with Crippen molar-refractivity contribution in [3.8, 4) is 0 Å². The molecule has 0 heterocycles. The molecule has 0 spiro atoms. The molecule has 4 unspecified atom stereocenters. The molecule has 1 fully saturated rings. The number of nitrogens with zero attached hydrogens (tertiary/aromatic N) is 1. The van der Waals surface area contributed by atoms with Gasteiger partial charge in [0.2, 0.25) is 0 Å². The highest BCUT2D eigenvalue weighted by atomic mass is 15.2. The summed E-state index contributed by atoms with van der Waals surface area (Å²) in [5.74, 6) is 0.849. The van der Waals surface area contributed by atoms with Crippen molar-refractivity contribution in [2.45, 2.75) is 71.0 Å². The number of benzene rings is 1. The zero-order chi connectivity index (χ0) is 15.4. The first kappa shape index (κ1) is 16.5. The fourth-order valence-corrected chi connectivity index (χ4v) is 3.89. The molecule has 1 aromatic carbocycles. The molecule has 2 nitrogen and oxygen atoms in total. The number of nitrogens with two attached hydrogens (primary N) is 1. The lowest BCUT2D eigenvalue weighted by Gasteiger charge is -2.42. The highest BCUT2D eigenvalue weighted by Gasteiger charge is 2.31. The van der Waals surface area contributed by atoms with Gasteiger partial charge in [-0.2, -0.15) is 0 Å². The summed E-state index contributed by atoms with van der Waals surface area (Å²) < 4.78 is 0. The lowest BCUT2D eigenvalue weighted by molar-refractivity contribution is 0.102. The third-order valence-corrected chi connectivity index (χ3v) is 5.31. The average Bonchev–Trinajstić information content (AvgIpc) is 2.49. The minimum atomic E-state index is 0.202. The largest absolute Gasteiger partial charge is 0.326 e. The first-order valence-corrected chi connectivity index (χ1v) is 8.57. The van der Waals surface area contributed by atoms with Crippen LogP contribution in [-0.2, 0) is 0 Å². The molecular formula is C19H32N2. The molecule has 118 valence electrons. The number of hydrogen-bond acceptors (Lipinski definition) is 2. The third kappa shape index (κ3) is 3.87. The van der Waals surface area contributed by atoms with Gasteiger partial charge in [-0.05, 0) is 50.3 Å². The van der Waals surface area contributed by atoms with Crippen molar-refractivity contribution in [2.75, 3.05) is 7.05 Å². The van der Waals surface area contributed by atoms with Gasteiger partial charge in [0.05, 0.1) is 6.04 Å². The Balaban J connectivity index is 2.25. The number of hydrogen-bond donors (Lipinski definition) is 1. The summed E-state index contributed by atoms with van der Waals surface area (Å²) in [5, 5.41) is 0. The molecule has 21 heavy (non-hydrogen) atoms. The van der Waals surface area contributed by atoms with Crippen molar-refractivity contribution in [2.24, 2.45) is 11.7 Å². The SMILES string of the molecule is CCC(N)C(c1ccccc1C)N(C)C1CCCC(C)C1. The van der Waals surface area contributed by atoms with E-state index in [-0.39, 0.29) is 6.04 Å². The standard InChI is InChI=1S/C19H32N2/c1-5-18(20)19(17-12-7-6-10-15(17)3)21(4)16-11-8-9-14(2)13-16/h6-7,10,12,14,16,18-19H,5,8-9,11,13,20H2,1-4H3. The Kier molecular flexibility index (Phi) is 5.83. The van der Waals surface area contributed by atoms with E-state index in [1.165, 1.54) is 36.8 Å². The van der Waals surface area contributed by atoms with Gasteiger partial charge >= 0.3 is 0 Å². The molecule has 0 bridgehead atoms. The Morgan fingerprint density at radius 3 is 2.62 bits per heavy atom. The van der Waals surface area contributed by atoms with Crippen molar-refractivity contribution >= 4 is 0 Å². The summed E-state index contributed by atoms with van der Waals surface area (Å²) in [4.78, 5) is 2.58. The van der Waals surface area contributed by atoms with Gasteiger partial charge in [-0.1, -0.05) is 51.0 Å². The molecule has 1 aliphatic rings. The van der Waals surface area contributed by atoms with Crippen LogP contribution in [0.3, 0.4) is 0 Å². The monoisotopic (exact) mass is 288 g/mol. The first-order chi connectivity index (χ1) is 10.0. The number of rotatable bonds is 5. The Bertz CT molecular complexity index is 443. The van der Waals surface area contributed by atoms with Crippen molar-refractivity contribution in [1.82, 2.24) is 4.90 Å². The van der Waals surface area contributed by atoms with Gasteiger partial charge in [-0.3, -0.25) is 4.90 Å². The van der Waals surface area contributed by atoms with Crippen molar-refractivity contribution in [1.29, 1.82) is 0 Å². The lowest BCUT2D eigenvalue weighted by Crippen LogP contribution is -2.45. The Morgan fingerprint density at radius 2 is 2.00 bits per heavy atom. The summed E-state index contributed by atoms with van der Waals surface area (Å²) in [6.07, 6.45) is 6.40. The normalized spacial score (nSPS) is 25.8. The summed E-state index contributed by atoms with van der Waals surface area (Å²) >= 11 is 0. The zero-order valence-corrected chi connectivity index (χ0v) is 14.2. The predicted molar refractivity (Wildman–Crippen MR) is 91.4 cm³/mol. The minimum Gasteiger partial charge on any atom is -0.326 e. The number of likely N-dealkylation sites (N-methyl/N-ethyl adjacent to an activating group) is 1. The highest BCUT2D eigenvalue weighted by molar-refractivity contribution is 5.30. The van der Waals surface area contributed by atoms with E-state index in [9.17, 15) is 0 Å². The maximum atomic E-state index is 6.52. The van der Waals surface area contributed by atoms with Gasteiger partial charge in [0.15, 0.2) is 0 Å². The van der Waals surface area contributed by atoms with Crippen LogP contribution in [0, 0.1) is 12.8 Å². The van der Waals surface area contributed by atoms with E-state index in [2.05, 4.69) is 57.0 Å². The average molecular weight is 288 g/mol. The van der Waals surface area contributed by atoms with Gasteiger partial charge in [0.25, 0.3) is 0 Å². The van der Waals surface area contributed by atoms with Crippen LogP contribution in [0.2, 0.25) is 0 Å². The second-order valence-electron chi connectivity index (χ2n) is 6.96. The van der Waals surface area contributed by atoms with Gasteiger partial charge in [0.1, 0.15) is 0 Å². The fraction of sp³-hybridized carbons (Fsp3) is 0.684. The predicted octanol–water partition coefficient (Wildman–Crippen LogP) is 4.28. The van der Waals surface area contributed by atoms with Gasteiger partial charge < -0.3 is 5.73 Å². The van der Waals surface area contributed by atoms with Crippen LogP contribution in [-0.4, -0.2) is 24.0 Å². The van der Waals surface area contributed by atoms with Crippen molar-refractivity contribution in [3.63, 3.8) is 0 Å². The quantitative estimate of drug-likeness (QED) is 0.876. The van der Waals surface area contributed by atoms with Gasteiger partial charge in [-0.15, -0.1) is 0 Å². The summed E-state index contributed by atoms with van der Waals surface area (Å²) in [6.45, 7) is 6.80. The van der Waals surface area contributed by atoms with E-state index in [0.717, 1.165) is 12.3 Å². The van der Waals surface area contributed by atoms with E-state index in [4.69, 9.17) is 5.73 Å². The molecule has 1 saturated carbocycles. The second kappa shape index (κ2) is 7.42. The maximum absolute atomic E-state index is 6.52. The first-order valence-electron chi connectivity index (χ1n) is 8.57. The van der Waals surface area contributed by atoms with E-state index in [0.29, 0.717) is 12.1 Å². The van der Waals surface area contributed by atoms with Crippen LogP contribution in [0.5, 0.6) is 0 Å². The summed E-state index contributed by atoms with van der Waals surface area (Å²) in [5.41, 5.74) is 9.29. The van der Waals surface area contributed by atoms with Crippen molar-refractivity contribution in [3.05, 3.63) is 35.4 Å². The Labute approximate surface area is 130 Å². The second-order valence-corrected chi connectivity index (χ2v) is 6.96. The lowest BCUT2D eigenvalue weighted by atomic mass is 9.84. The molecular weight excluding hydrogens is 256 g/mol. The molecule has 4 atom stereocenters. The molecule has 1 aliphatic carbocycles. The Morgan fingerprint density at radius 1 is 1.29 bits per heavy atom. The van der Waals surface area contributed by atoms with Crippen LogP contribution >= 0.6 is 0 Å². The van der Waals surface area contributed by atoms with E-state index in [1.54, 1.807) is 0 Å². The zero-order valence-electron chi connectivity index (χ0n) is 14.2. The topological polar surface area (TPSA) is 29.3 Å². The number of aryl methyl sites for hydroxylation is 1. The van der Waals surface area contributed by atoms with Crippen LogP contribution < -0.4 is 5.73 Å². The van der Waals surface area contributed by atoms with Crippen LogP contribution in [0.15, 0.2) is 24.3 Å². The Hall–Kier alpha value is -0.860. The molecule has 0 saturated heterocycles. The summed E-state index contributed by atoms with van der Waals surface area (Å²) in [7, 11) is 2.29.